The van der Waals surface area contributed by atoms with Crippen LogP contribution in [-0.2, 0) is 31.4 Å². The van der Waals surface area contributed by atoms with Crippen molar-refractivity contribution < 1.29 is 31.4 Å². The minimum absolute atomic E-state index is 0. The molecule has 0 saturated carbocycles. The average molecular weight is 171 g/mol. The molecule has 0 aliphatic carbocycles. The van der Waals surface area contributed by atoms with Crippen molar-refractivity contribution in [2.75, 3.05) is 6.61 Å². The van der Waals surface area contributed by atoms with E-state index in [2.05, 4.69) is 4.74 Å². The fraction of sp³-hybridized carbons (Fsp3) is 0.600. The first-order valence-corrected chi connectivity index (χ1v) is 2.25. The Labute approximate surface area is 64.2 Å². The molecule has 0 aromatic carbocycles. The third kappa shape index (κ3) is 11.3. The molecule has 4 heteroatoms. The van der Waals surface area contributed by atoms with Gasteiger partial charge in [0.05, 0.1) is 0 Å². The van der Waals surface area contributed by atoms with E-state index >= 15 is 0 Å². The van der Waals surface area contributed by atoms with Crippen LogP contribution in [0.15, 0.2) is 0 Å². The Kier molecular flexibility index (Phi) is 7.37. The second kappa shape index (κ2) is 5.79. The van der Waals surface area contributed by atoms with E-state index in [-0.39, 0.29) is 29.5 Å². The quantitative estimate of drug-likeness (QED) is 0.438. The van der Waals surface area contributed by atoms with Crippen molar-refractivity contribution in [1.82, 2.24) is 0 Å². The standard InChI is InChI=1S/C5H8O3.Mn/c1-4(6)3-8-5(2)7;/h3H2,1-2H3;. The summed E-state index contributed by atoms with van der Waals surface area (Å²) in [7, 11) is 0. The normalized spacial score (nSPS) is 7.33. The first-order valence-electron chi connectivity index (χ1n) is 2.25. The number of carbonyl (C=O) groups excluding carboxylic acids is 2. The molecule has 9 heavy (non-hydrogen) atoms. The van der Waals surface area contributed by atoms with Gasteiger partial charge in [-0.2, -0.15) is 0 Å². The summed E-state index contributed by atoms with van der Waals surface area (Å²) >= 11 is 0. The molecular formula is C5H8MnO3. The van der Waals surface area contributed by atoms with Crippen molar-refractivity contribution in [3.05, 3.63) is 0 Å². The topological polar surface area (TPSA) is 43.4 Å². The van der Waals surface area contributed by atoms with E-state index < -0.39 is 5.97 Å². The second-order valence-electron chi connectivity index (χ2n) is 1.48. The summed E-state index contributed by atoms with van der Waals surface area (Å²) < 4.78 is 4.31. The van der Waals surface area contributed by atoms with Gasteiger partial charge in [0.2, 0.25) is 0 Å². The molecule has 0 rings (SSSR count). The van der Waals surface area contributed by atoms with Gasteiger partial charge in [0.15, 0.2) is 5.78 Å². The summed E-state index contributed by atoms with van der Waals surface area (Å²) in [6.07, 6.45) is 0. The van der Waals surface area contributed by atoms with Gasteiger partial charge < -0.3 is 4.74 Å². The number of rotatable bonds is 2. The molecule has 0 saturated heterocycles. The molecule has 0 aromatic rings. The summed E-state index contributed by atoms with van der Waals surface area (Å²) in [5, 5.41) is 0. The predicted octanol–water partition coefficient (Wildman–Crippen LogP) is 0.136. The smallest absolute Gasteiger partial charge is 0.303 e. The molecule has 0 spiro atoms. The summed E-state index contributed by atoms with van der Waals surface area (Å²) in [6, 6.07) is 0. The van der Waals surface area contributed by atoms with Crippen LogP contribution in [0, 0.1) is 0 Å². The maximum atomic E-state index is 10.1. The Morgan fingerprint density at radius 3 is 1.89 bits per heavy atom. The van der Waals surface area contributed by atoms with E-state index in [1.165, 1.54) is 13.8 Å². The zero-order valence-corrected chi connectivity index (χ0v) is 6.49. The third-order valence-corrected chi connectivity index (χ3v) is 0.479. The first kappa shape index (κ1) is 11.5. The zero-order chi connectivity index (χ0) is 6.57. The van der Waals surface area contributed by atoms with Crippen LogP contribution in [0.1, 0.15) is 13.8 Å². The molecule has 0 N–H and O–H groups in total. The van der Waals surface area contributed by atoms with Crippen LogP contribution in [0.3, 0.4) is 0 Å². The van der Waals surface area contributed by atoms with Crippen LogP contribution in [0.2, 0.25) is 0 Å². The summed E-state index contributed by atoms with van der Waals surface area (Å²) in [5.41, 5.74) is 0. The molecule has 0 heterocycles. The van der Waals surface area contributed by atoms with Crippen molar-refractivity contribution in [3.63, 3.8) is 0 Å². The van der Waals surface area contributed by atoms with Crippen molar-refractivity contribution >= 4 is 11.8 Å². The number of Topliss-reactive ketones (excluding diaryl/α,β-unsaturated/α-hetero) is 1. The van der Waals surface area contributed by atoms with Crippen molar-refractivity contribution in [2.24, 2.45) is 0 Å². The fourth-order valence-corrected chi connectivity index (χ4v) is 0.203. The number of esters is 1. The largest absolute Gasteiger partial charge is 0.458 e. The molecule has 0 atom stereocenters. The first-order chi connectivity index (χ1) is 3.63. The van der Waals surface area contributed by atoms with E-state index in [4.69, 9.17) is 0 Å². The molecule has 0 aromatic heterocycles. The molecule has 0 fully saturated rings. The Hall–Kier alpha value is -0.341. The van der Waals surface area contributed by atoms with Gasteiger partial charge in [0.25, 0.3) is 0 Å². The molecule has 0 amide bonds. The van der Waals surface area contributed by atoms with Crippen molar-refractivity contribution in [3.8, 4) is 0 Å². The molecule has 53 valence electrons. The Bertz CT molecular complexity index is 96.8. The monoisotopic (exact) mass is 171 g/mol. The minimum atomic E-state index is -0.416. The maximum Gasteiger partial charge on any atom is 0.303 e. The molecule has 0 bridgehead atoms. The van der Waals surface area contributed by atoms with Crippen LogP contribution in [0.5, 0.6) is 0 Å². The second-order valence-corrected chi connectivity index (χ2v) is 1.48. The maximum absolute atomic E-state index is 10.1. The molecule has 1 radical (unpaired) electrons. The van der Waals surface area contributed by atoms with Crippen LogP contribution in [0.4, 0.5) is 0 Å². The molecule has 0 aliphatic rings. The Balaban J connectivity index is 0. The third-order valence-electron chi connectivity index (χ3n) is 0.479. The van der Waals surface area contributed by atoms with Crippen molar-refractivity contribution in [2.45, 2.75) is 13.8 Å². The zero-order valence-electron chi connectivity index (χ0n) is 5.31. The van der Waals surface area contributed by atoms with Gasteiger partial charge in [0.1, 0.15) is 6.61 Å². The van der Waals surface area contributed by atoms with Gasteiger partial charge in [-0.25, -0.2) is 0 Å². The number of hydrogen-bond acceptors (Lipinski definition) is 3. The van der Waals surface area contributed by atoms with Crippen LogP contribution in [0.25, 0.3) is 0 Å². The van der Waals surface area contributed by atoms with Gasteiger partial charge in [-0.15, -0.1) is 0 Å². The summed E-state index contributed by atoms with van der Waals surface area (Å²) in [4.78, 5) is 20.0. The van der Waals surface area contributed by atoms with E-state index in [0.29, 0.717) is 0 Å². The number of ketones is 1. The van der Waals surface area contributed by atoms with Gasteiger partial charge >= 0.3 is 5.97 Å². The summed E-state index contributed by atoms with van der Waals surface area (Å²) in [5.74, 6) is -0.555. The molecular weight excluding hydrogens is 163 g/mol. The van der Waals surface area contributed by atoms with Gasteiger partial charge in [-0.05, 0) is 6.92 Å². The molecule has 0 aliphatic heterocycles. The Morgan fingerprint density at radius 2 is 1.78 bits per heavy atom. The fourth-order valence-electron chi connectivity index (χ4n) is 0.203. The minimum Gasteiger partial charge on any atom is -0.458 e. The van der Waals surface area contributed by atoms with E-state index in [1.807, 2.05) is 0 Å². The molecule has 0 unspecified atom stereocenters. The number of carbonyl (C=O) groups is 2. The average Bonchev–Trinajstić information content (AvgIpc) is 1.61. The Morgan fingerprint density at radius 1 is 1.33 bits per heavy atom. The van der Waals surface area contributed by atoms with Gasteiger partial charge in [-0.1, -0.05) is 0 Å². The van der Waals surface area contributed by atoms with Gasteiger partial charge in [0, 0.05) is 24.0 Å². The van der Waals surface area contributed by atoms with Crippen LogP contribution in [-0.4, -0.2) is 18.4 Å². The van der Waals surface area contributed by atoms with Crippen molar-refractivity contribution in [1.29, 1.82) is 0 Å². The van der Waals surface area contributed by atoms with E-state index in [1.54, 1.807) is 0 Å². The van der Waals surface area contributed by atoms with Crippen LogP contribution >= 0.6 is 0 Å². The van der Waals surface area contributed by atoms with Gasteiger partial charge in [-0.3, -0.25) is 9.59 Å². The molecule has 3 nitrogen and oxygen atoms in total. The van der Waals surface area contributed by atoms with E-state index in [0.717, 1.165) is 0 Å². The number of ether oxygens (including phenoxy) is 1. The van der Waals surface area contributed by atoms with Crippen LogP contribution < -0.4 is 0 Å². The predicted molar refractivity (Wildman–Crippen MR) is 27.3 cm³/mol. The summed E-state index contributed by atoms with van der Waals surface area (Å²) in [6.45, 7) is 2.53. The van der Waals surface area contributed by atoms with E-state index in [9.17, 15) is 9.59 Å². The number of hydrogen-bond donors (Lipinski definition) is 0. The SMILES string of the molecule is CC(=O)COC(C)=O.[Mn].